The topological polar surface area (TPSA) is 156 Å². The van der Waals surface area contributed by atoms with E-state index >= 15 is 0 Å². The molecule has 4 unspecified atom stereocenters. The molecule has 3 amide bonds. The maximum Gasteiger partial charge on any atom is 0.408 e. The molecule has 0 aliphatic carbocycles. The number of nitrogens with zero attached hydrogens (tertiary/aromatic N) is 3. The van der Waals surface area contributed by atoms with E-state index in [9.17, 15) is 19.5 Å². The number of amides is 3. The van der Waals surface area contributed by atoms with Gasteiger partial charge in [0.25, 0.3) is 5.91 Å². The van der Waals surface area contributed by atoms with Gasteiger partial charge in [-0.15, -0.1) is 0 Å². The van der Waals surface area contributed by atoms with Gasteiger partial charge in [-0.05, 0) is 28.8 Å². The Hall–Kier alpha value is -4.56. The van der Waals surface area contributed by atoms with E-state index in [1.165, 1.54) is 18.1 Å². The van der Waals surface area contributed by atoms with E-state index in [0.29, 0.717) is 28.6 Å². The van der Waals surface area contributed by atoms with Crippen LogP contribution in [0.4, 0.5) is 10.5 Å². The third-order valence-corrected chi connectivity index (χ3v) is 8.50. The first kappa shape index (κ1) is 30.5. The summed E-state index contributed by atoms with van der Waals surface area (Å²) >= 11 is 1.50. The zero-order valence-electron chi connectivity index (χ0n) is 24.1. The lowest BCUT2D eigenvalue weighted by Gasteiger charge is -2.36. The number of hydrogen-bond acceptors (Lipinski definition) is 10. The second-order valence-electron chi connectivity index (χ2n) is 10.6. The van der Waals surface area contributed by atoms with Crippen LogP contribution in [0.15, 0.2) is 90.3 Å². The fraction of sp³-hybridized carbons (Fsp3) is 0.281. The molecule has 13 heteroatoms. The highest BCUT2D eigenvalue weighted by atomic mass is 32.2. The quantitative estimate of drug-likeness (QED) is 0.172. The van der Waals surface area contributed by atoms with Crippen molar-refractivity contribution in [3.8, 4) is 0 Å². The van der Waals surface area contributed by atoms with E-state index in [1.807, 2.05) is 54.6 Å². The van der Waals surface area contributed by atoms with Crippen LogP contribution in [0.3, 0.4) is 0 Å². The van der Waals surface area contributed by atoms with E-state index in [0.717, 1.165) is 21.6 Å². The molecule has 6 rings (SSSR count). The van der Waals surface area contributed by atoms with Gasteiger partial charge in [-0.2, -0.15) is 5.10 Å². The highest BCUT2D eigenvalue weighted by Gasteiger charge is 2.41. The highest BCUT2D eigenvalue weighted by molar-refractivity contribution is 7.99. The molecule has 4 aromatic rings. The number of imide groups is 1. The SMILES string of the molecule is O=C(NC1CC(=O)N(c2ccc(C3OC(CSc4ncn[nH]4)CC(c4ccc(CO)cc4)O3)cc2)C1=O)OCc1ccccc1. The van der Waals surface area contributed by atoms with Gasteiger partial charge in [0.2, 0.25) is 5.91 Å². The molecule has 0 spiro atoms. The second kappa shape index (κ2) is 14.0. The van der Waals surface area contributed by atoms with Crippen LogP contribution in [0, 0.1) is 0 Å². The molecular formula is C32H31N5O7S. The maximum atomic E-state index is 13.1. The summed E-state index contributed by atoms with van der Waals surface area (Å²) in [6.45, 7) is 0.00392. The minimum Gasteiger partial charge on any atom is -0.445 e. The van der Waals surface area contributed by atoms with Crippen molar-refractivity contribution in [2.24, 2.45) is 0 Å². The Morgan fingerprint density at radius 3 is 2.47 bits per heavy atom. The highest BCUT2D eigenvalue weighted by Crippen LogP contribution is 2.39. The molecule has 0 bridgehead atoms. The number of benzene rings is 3. The molecule has 2 aliphatic rings. The van der Waals surface area contributed by atoms with Gasteiger partial charge < -0.3 is 24.6 Å². The van der Waals surface area contributed by atoms with Crippen molar-refractivity contribution in [1.82, 2.24) is 20.5 Å². The summed E-state index contributed by atoms with van der Waals surface area (Å²) in [6.07, 6.45) is -0.0538. The van der Waals surface area contributed by atoms with Crippen LogP contribution in [0.1, 0.15) is 47.5 Å². The number of H-pyrrole nitrogens is 1. The summed E-state index contributed by atoms with van der Waals surface area (Å²) in [7, 11) is 0. The average Bonchev–Trinajstić information content (AvgIpc) is 3.70. The normalized spacial score (nSPS) is 21.6. The van der Waals surface area contributed by atoms with Crippen molar-refractivity contribution in [1.29, 1.82) is 0 Å². The van der Waals surface area contributed by atoms with Crippen molar-refractivity contribution >= 4 is 35.4 Å². The summed E-state index contributed by atoms with van der Waals surface area (Å²) in [6, 6.07) is 22.6. The number of nitrogens with one attached hydrogen (secondary N) is 2. The Morgan fingerprint density at radius 1 is 1.00 bits per heavy atom. The Labute approximate surface area is 263 Å². The predicted octanol–water partition coefficient (Wildman–Crippen LogP) is 4.19. The lowest BCUT2D eigenvalue weighted by Crippen LogP contribution is -2.42. The summed E-state index contributed by atoms with van der Waals surface area (Å²) in [5.74, 6) is -0.357. The van der Waals surface area contributed by atoms with E-state index in [-0.39, 0.29) is 31.8 Å². The number of carbonyl (C=O) groups is 3. The van der Waals surface area contributed by atoms with Gasteiger partial charge in [0, 0.05) is 17.7 Å². The van der Waals surface area contributed by atoms with Crippen LogP contribution in [0.2, 0.25) is 0 Å². The van der Waals surface area contributed by atoms with E-state index in [4.69, 9.17) is 14.2 Å². The third kappa shape index (κ3) is 7.40. The first-order valence-corrected chi connectivity index (χ1v) is 15.4. The van der Waals surface area contributed by atoms with Gasteiger partial charge in [0.15, 0.2) is 11.4 Å². The first-order chi connectivity index (χ1) is 22.0. The molecule has 1 aromatic heterocycles. The van der Waals surface area contributed by atoms with Gasteiger partial charge in [-0.1, -0.05) is 78.5 Å². The van der Waals surface area contributed by atoms with E-state index in [1.54, 1.807) is 24.3 Å². The number of ether oxygens (including phenoxy) is 3. The maximum absolute atomic E-state index is 13.1. The van der Waals surface area contributed by atoms with Crippen LogP contribution in [-0.4, -0.2) is 56.1 Å². The van der Waals surface area contributed by atoms with Crippen LogP contribution < -0.4 is 10.2 Å². The molecule has 2 fully saturated rings. The van der Waals surface area contributed by atoms with Crippen LogP contribution in [0.5, 0.6) is 0 Å². The molecule has 3 aromatic carbocycles. The lowest BCUT2D eigenvalue weighted by molar-refractivity contribution is -0.245. The van der Waals surface area contributed by atoms with Crippen molar-refractivity contribution in [3.05, 3.63) is 107 Å². The van der Waals surface area contributed by atoms with Crippen LogP contribution >= 0.6 is 11.8 Å². The van der Waals surface area contributed by atoms with E-state index < -0.39 is 30.2 Å². The summed E-state index contributed by atoms with van der Waals surface area (Å²) in [5.41, 5.74) is 3.66. The number of aliphatic hydroxyl groups is 1. The second-order valence-corrected chi connectivity index (χ2v) is 11.6. The molecule has 2 aliphatic heterocycles. The Kier molecular flexibility index (Phi) is 9.50. The predicted molar refractivity (Wildman–Crippen MR) is 163 cm³/mol. The molecule has 2 saturated heterocycles. The molecular weight excluding hydrogens is 598 g/mol. The largest absolute Gasteiger partial charge is 0.445 e. The zero-order valence-corrected chi connectivity index (χ0v) is 24.9. The van der Waals surface area contributed by atoms with Crippen molar-refractivity contribution in [2.45, 2.75) is 55.8 Å². The minimum absolute atomic E-state index is 0.0441. The first-order valence-electron chi connectivity index (χ1n) is 14.4. The average molecular weight is 630 g/mol. The molecule has 12 nitrogen and oxygen atoms in total. The van der Waals surface area contributed by atoms with Crippen molar-refractivity contribution in [2.75, 3.05) is 10.7 Å². The fourth-order valence-corrected chi connectivity index (χ4v) is 5.96. The number of carbonyl (C=O) groups excluding carboxylic acids is 3. The number of rotatable bonds is 10. The fourth-order valence-electron chi connectivity index (χ4n) is 5.16. The molecule has 232 valence electrons. The number of hydrogen-bond donors (Lipinski definition) is 3. The number of aromatic amines is 1. The van der Waals surface area contributed by atoms with Gasteiger partial charge in [-0.3, -0.25) is 14.7 Å². The Bertz CT molecular complexity index is 1600. The van der Waals surface area contributed by atoms with Gasteiger partial charge in [0.1, 0.15) is 19.0 Å². The zero-order chi connectivity index (χ0) is 31.2. The number of anilines is 1. The molecule has 4 atom stereocenters. The van der Waals surface area contributed by atoms with Gasteiger partial charge in [0.05, 0.1) is 30.9 Å². The van der Waals surface area contributed by atoms with Crippen molar-refractivity contribution < 1.29 is 33.7 Å². The molecule has 0 radical (unpaired) electrons. The standard InChI is InChI=1S/C32H31N5O7S/c38-16-20-6-8-22(9-7-20)27-14-25(18-45-31-33-19-34-36-31)43-30(44-27)23-10-12-24(13-11-23)37-28(39)15-26(29(37)40)35-32(41)42-17-21-4-2-1-3-5-21/h1-13,19,25-27,30,38H,14-18H2,(H,35,41)(H,33,34,36). The molecule has 3 N–H and O–H groups in total. The Morgan fingerprint density at radius 2 is 1.76 bits per heavy atom. The number of aliphatic hydroxyl groups excluding tert-OH is 1. The molecule has 45 heavy (non-hydrogen) atoms. The van der Waals surface area contributed by atoms with Crippen LogP contribution in [0.25, 0.3) is 0 Å². The smallest absolute Gasteiger partial charge is 0.408 e. The Balaban J connectivity index is 1.12. The molecule has 3 heterocycles. The summed E-state index contributed by atoms with van der Waals surface area (Å²) in [5, 5.41) is 19.4. The van der Waals surface area contributed by atoms with E-state index in [2.05, 4.69) is 20.5 Å². The summed E-state index contributed by atoms with van der Waals surface area (Å²) in [4.78, 5) is 43.5. The van der Waals surface area contributed by atoms with Gasteiger partial charge in [-0.25, -0.2) is 14.7 Å². The van der Waals surface area contributed by atoms with Gasteiger partial charge >= 0.3 is 6.09 Å². The van der Waals surface area contributed by atoms with Crippen molar-refractivity contribution in [3.63, 3.8) is 0 Å². The number of alkyl carbamates (subject to hydrolysis) is 1. The monoisotopic (exact) mass is 629 g/mol. The number of thioether (sulfide) groups is 1. The number of aromatic nitrogens is 3. The summed E-state index contributed by atoms with van der Waals surface area (Å²) < 4.78 is 17.9. The minimum atomic E-state index is -1.02. The third-order valence-electron chi connectivity index (χ3n) is 7.49. The van der Waals surface area contributed by atoms with Crippen LogP contribution in [-0.2, 0) is 37.0 Å². The molecule has 0 saturated carbocycles. The lowest BCUT2D eigenvalue weighted by atomic mass is 10.0.